The van der Waals surface area contributed by atoms with Crippen molar-refractivity contribution in [2.24, 2.45) is 0 Å². The van der Waals surface area contributed by atoms with Crippen molar-refractivity contribution in [1.82, 2.24) is 24.6 Å². The van der Waals surface area contributed by atoms with Crippen LogP contribution in [0.15, 0.2) is 71.8 Å². The Morgan fingerprint density at radius 3 is 2.52 bits per heavy atom. The third kappa shape index (κ3) is 2.87. The molecule has 150 valence electrons. The molecule has 0 unspecified atom stereocenters. The molecule has 0 amide bonds. The van der Waals surface area contributed by atoms with Crippen molar-refractivity contribution < 1.29 is 0 Å². The summed E-state index contributed by atoms with van der Waals surface area (Å²) in [7, 11) is 0. The maximum absolute atomic E-state index is 13.4. The van der Waals surface area contributed by atoms with Gasteiger partial charge in [0, 0.05) is 5.56 Å². The van der Waals surface area contributed by atoms with Crippen LogP contribution in [0.4, 0.5) is 0 Å². The maximum atomic E-state index is 13.4. The summed E-state index contributed by atoms with van der Waals surface area (Å²) < 4.78 is 1.45. The van der Waals surface area contributed by atoms with Gasteiger partial charge in [-0.15, -0.1) is 0 Å². The third-order valence-electron chi connectivity index (χ3n) is 5.87. The highest BCUT2D eigenvalue weighted by Crippen LogP contribution is 2.39. The third-order valence-corrected chi connectivity index (χ3v) is 5.87. The molecule has 3 aromatic heterocycles. The Bertz CT molecular complexity index is 1510. The molecule has 3 heterocycles. The van der Waals surface area contributed by atoms with E-state index in [0.29, 0.717) is 16.8 Å². The Hall–Kier alpha value is -4.06. The van der Waals surface area contributed by atoms with E-state index >= 15 is 0 Å². The number of nitrogens with zero attached hydrogens (tertiary/aromatic N) is 4. The largest absolute Gasteiger partial charge is 0.270 e. The molecule has 6 heteroatoms. The number of fused-ring (bicyclic) bond motifs is 3. The minimum Gasteiger partial charge on any atom is -0.268 e. The Morgan fingerprint density at radius 2 is 1.71 bits per heavy atom. The van der Waals surface area contributed by atoms with E-state index in [0.717, 1.165) is 47.2 Å². The number of allylic oxidation sites excluding steroid dienone is 1. The van der Waals surface area contributed by atoms with Crippen LogP contribution in [0.3, 0.4) is 0 Å². The second kappa shape index (κ2) is 7.02. The molecule has 0 atom stereocenters. The molecule has 0 aliphatic heterocycles. The molecule has 6 rings (SSSR count). The predicted octanol–water partition coefficient (Wildman–Crippen LogP) is 4.51. The van der Waals surface area contributed by atoms with Gasteiger partial charge in [-0.3, -0.25) is 4.79 Å². The zero-order valence-corrected chi connectivity index (χ0v) is 16.7. The van der Waals surface area contributed by atoms with E-state index in [-0.39, 0.29) is 5.56 Å². The first-order valence-electron chi connectivity index (χ1n) is 10.4. The quantitative estimate of drug-likeness (QED) is 0.469. The van der Waals surface area contributed by atoms with Crippen LogP contribution in [0.2, 0.25) is 0 Å². The summed E-state index contributed by atoms with van der Waals surface area (Å²) in [5.41, 5.74) is 6.63. The van der Waals surface area contributed by atoms with E-state index in [2.05, 4.69) is 33.4 Å². The summed E-state index contributed by atoms with van der Waals surface area (Å²) in [6.45, 7) is 0. The molecule has 1 N–H and O–H groups in total. The summed E-state index contributed by atoms with van der Waals surface area (Å²) in [5, 5.41) is 7.33. The fraction of sp³-hybridized carbons (Fsp3) is 0.120. The maximum Gasteiger partial charge on any atom is 0.270 e. The number of aromatic nitrogens is 5. The van der Waals surface area contributed by atoms with Gasteiger partial charge in [0.05, 0.1) is 11.1 Å². The molecule has 0 fully saturated rings. The number of rotatable bonds is 2. The number of aromatic amines is 1. The van der Waals surface area contributed by atoms with Crippen molar-refractivity contribution in [1.29, 1.82) is 0 Å². The second-order valence-corrected chi connectivity index (χ2v) is 7.78. The predicted molar refractivity (Wildman–Crippen MR) is 122 cm³/mol. The molecular formula is C25H19N5O. The van der Waals surface area contributed by atoms with Crippen LogP contribution in [-0.2, 0) is 6.42 Å². The first-order chi connectivity index (χ1) is 15.3. The van der Waals surface area contributed by atoms with E-state index in [4.69, 9.17) is 4.98 Å². The molecule has 0 radical (unpaired) electrons. The molecule has 1 aliphatic carbocycles. The molecule has 31 heavy (non-hydrogen) atoms. The van der Waals surface area contributed by atoms with Gasteiger partial charge in [0.15, 0.2) is 5.65 Å². The van der Waals surface area contributed by atoms with Crippen LogP contribution in [0.1, 0.15) is 29.7 Å². The van der Waals surface area contributed by atoms with Crippen molar-refractivity contribution in [2.75, 3.05) is 0 Å². The van der Waals surface area contributed by atoms with Crippen molar-refractivity contribution in [3.8, 4) is 11.1 Å². The SMILES string of the molecule is O=c1c2c(-c3ccccc3)c3c(nc2nc2[nH]ncn12)/C(=C/c1ccccc1)CCC3. The van der Waals surface area contributed by atoms with Gasteiger partial charge < -0.3 is 0 Å². The fourth-order valence-electron chi connectivity index (χ4n) is 4.49. The Labute approximate surface area is 177 Å². The smallest absolute Gasteiger partial charge is 0.268 e. The van der Waals surface area contributed by atoms with Crippen LogP contribution in [0.25, 0.3) is 39.6 Å². The summed E-state index contributed by atoms with van der Waals surface area (Å²) in [4.78, 5) is 23.0. The summed E-state index contributed by atoms with van der Waals surface area (Å²) >= 11 is 0. The molecule has 0 saturated carbocycles. The van der Waals surface area contributed by atoms with Gasteiger partial charge in [-0.05, 0) is 47.6 Å². The zero-order chi connectivity index (χ0) is 20.8. The van der Waals surface area contributed by atoms with Crippen LogP contribution < -0.4 is 5.56 Å². The molecule has 2 aromatic carbocycles. The second-order valence-electron chi connectivity index (χ2n) is 7.78. The fourth-order valence-corrected chi connectivity index (χ4v) is 4.49. The molecule has 6 nitrogen and oxygen atoms in total. The molecule has 0 saturated heterocycles. The highest BCUT2D eigenvalue weighted by Gasteiger charge is 2.25. The molecule has 0 spiro atoms. The highest BCUT2D eigenvalue weighted by atomic mass is 16.1. The Balaban J connectivity index is 1.73. The normalized spacial score (nSPS) is 14.9. The monoisotopic (exact) mass is 405 g/mol. The van der Waals surface area contributed by atoms with Crippen LogP contribution in [0, 0.1) is 0 Å². The van der Waals surface area contributed by atoms with Gasteiger partial charge in [0.1, 0.15) is 6.33 Å². The van der Waals surface area contributed by atoms with Gasteiger partial charge in [0.2, 0.25) is 5.78 Å². The van der Waals surface area contributed by atoms with Crippen LogP contribution in [0.5, 0.6) is 0 Å². The molecule has 0 bridgehead atoms. The number of hydrogen-bond donors (Lipinski definition) is 1. The average Bonchev–Trinajstić information content (AvgIpc) is 3.28. The minimum atomic E-state index is -0.151. The lowest BCUT2D eigenvalue weighted by atomic mass is 9.84. The van der Waals surface area contributed by atoms with Crippen molar-refractivity contribution in [2.45, 2.75) is 19.3 Å². The lowest BCUT2D eigenvalue weighted by Crippen LogP contribution is -2.18. The van der Waals surface area contributed by atoms with Crippen LogP contribution in [-0.4, -0.2) is 24.6 Å². The van der Waals surface area contributed by atoms with Gasteiger partial charge in [-0.1, -0.05) is 60.7 Å². The number of H-pyrrole nitrogens is 1. The van der Waals surface area contributed by atoms with Crippen molar-refractivity contribution in [3.63, 3.8) is 0 Å². The first-order valence-corrected chi connectivity index (χ1v) is 10.4. The van der Waals surface area contributed by atoms with Crippen molar-refractivity contribution in [3.05, 3.63) is 94.2 Å². The van der Waals surface area contributed by atoms with E-state index < -0.39 is 0 Å². The first kappa shape index (κ1) is 17.8. The van der Waals surface area contributed by atoms with E-state index in [1.807, 2.05) is 48.5 Å². The summed E-state index contributed by atoms with van der Waals surface area (Å²) in [5.74, 6) is 0.397. The number of pyridine rings is 1. The standard InChI is InChI=1S/C25H19N5O/c31-24-21-20(17-10-5-2-6-11-17)19-13-7-12-18(14-16-8-3-1-4-9-16)22(19)27-23(21)28-25-29-26-15-30(24)25/h1-6,8-11,14-15H,7,12-13H2,(H,27,28,29)/b18-14+. The molecule has 5 aromatic rings. The number of benzene rings is 2. The Kier molecular flexibility index (Phi) is 4.02. The van der Waals surface area contributed by atoms with E-state index in [1.54, 1.807) is 0 Å². The lowest BCUT2D eigenvalue weighted by molar-refractivity contribution is 0.815. The van der Waals surface area contributed by atoms with Crippen molar-refractivity contribution >= 4 is 28.5 Å². The van der Waals surface area contributed by atoms with Gasteiger partial charge in [-0.25, -0.2) is 14.5 Å². The van der Waals surface area contributed by atoms with Crippen LogP contribution >= 0.6 is 0 Å². The highest BCUT2D eigenvalue weighted by molar-refractivity contribution is 5.98. The summed E-state index contributed by atoms with van der Waals surface area (Å²) in [6, 6.07) is 20.4. The zero-order valence-electron chi connectivity index (χ0n) is 16.7. The number of nitrogens with one attached hydrogen (secondary N) is 1. The van der Waals surface area contributed by atoms with Gasteiger partial charge >= 0.3 is 0 Å². The molecular weight excluding hydrogens is 386 g/mol. The van der Waals surface area contributed by atoms with Gasteiger partial charge in [0.25, 0.3) is 5.56 Å². The summed E-state index contributed by atoms with van der Waals surface area (Å²) in [6.07, 6.45) is 6.51. The minimum absolute atomic E-state index is 0.151. The average molecular weight is 405 g/mol. The van der Waals surface area contributed by atoms with Gasteiger partial charge in [-0.2, -0.15) is 10.1 Å². The topological polar surface area (TPSA) is 75.9 Å². The van der Waals surface area contributed by atoms with E-state index in [1.165, 1.54) is 16.3 Å². The number of hydrogen-bond acceptors (Lipinski definition) is 4. The lowest BCUT2D eigenvalue weighted by Gasteiger charge is -2.23. The van der Waals surface area contributed by atoms with E-state index in [9.17, 15) is 4.79 Å². The molecule has 1 aliphatic rings. The Morgan fingerprint density at radius 1 is 0.935 bits per heavy atom.